The molecule has 116 valence electrons. The molecule has 0 heterocycles. The maximum absolute atomic E-state index is 11.9. The zero-order valence-corrected chi connectivity index (χ0v) is 13.2. The average Bonchev–Trinajstić information content (AvgIpc) is 2.40. The number of rotatable bonds is 8. The first-order chi connectivity index (χ1) is 9.90. The number of carbonyl (C=O) groups is 2. The van der Waals surface area contributed by atoms with Crippen molar-refractivity contribution in [2.45, 2.75) is 19.3 Å². The molecule has 0 aliphatic heterocycles. The predicted octanol–water partition coefficient (Wildman–Crippen LogP) is 3.12. The van der Waals surface area contributed by atoms with E-state index in [1.165, 1.54) is 0 Å². The van der Waals surface area contributed by atoms with E-state index in [0.29, 0.717) is 35.2 Å². The smallest absolute Gasteiger partial charge is 0.303 e. The van der Waals surface area contributed by atoms with Crippen LogP contribution >= 0.6 is 23.2 Å². The van der Waals surface area contributed by atoms with Gasteiger partial charge < -0.3 is 15.3 Å². The number of nitrogens with zero attached hydrogens (tertiary/aromatic N) is 1. The van der Waals surface area contributed by atoms with Crippen LogP contribution in [0.15, 0.2) is 18.2 Å². The molecular formula is C14H18Cl2N2O3. The number of carbonyl (C=O) groups excluding carboxylic acids is 1. The van der Waals surface area contributed by atoms with Gasteiger partial charge in [-0.2, -0.15) is 0 Å². The molecule has 2 N–H and O–H groups in total. The van der Waals surface area contributed by atoms with E-state index < -0.39 is 5.97 Å². The van der Waals surface area contributed by atoms with Gasteiger partial charge >= 0.3 is 5.97 Å². The number of hydrogen-bond acceptors (Lipinski definition) is 3. The highest BCUT2D eigenvalue weighted by Gasteiger charge is 2.10. The Balaban J connectivity index is 2.35. The minimum absolute atomic E-state index is 0.131. The van der Waals surface area contributed by atoms with E-state index in [4.69, 9.17) is 28.3 Å². The molecule has 0 aliphatic rings. The summed E-state index contributed by atoms with van der Waals surface area (Å²) in [7, 11) is 1.84. The van der Waals surface area contributed by atoms with Crippen LogP contribution < -0.4 is 5.32 Å². The third-order valence-corrected chi connectivity index (χ3v) is 3.51. The van der Waals surface area contributed by atoms with Crippen LogP contribution in [0.4, 0.5) is 5.69 Å². The van der Waals surface area contributed by atoms with Gasteiger partial charge in [0.05, 0.1) is 15.7 Å². The molecule has 1 aromatic rings. The summed E-state index contributed by atoms with van der Waals surface area (Å²) in [6.45, 7) is 1.17. The Labute approximate surface area is 133 Å². The number of aliphatic carboxylic acids is 1. The van der Waals surface area contributed by atoms with Gasteiger partial charge in [0.25, 0.3) is 0 Å². The van der Waals surface area contributed by atoms with Crippen molar-refractivity contribution in [2.24, 2.45) is 0 Å². The van der Waals surface area contributed by atoms with Crippen LogP contribution in [0.5, 0.6) is 0 Å². The van der Waals surface area contributed by atoms with Crippen LogP contribution in [0, 0.1) is 0 Å². The van der Waals surface area contributed by atoms with Crippen molar-refractivity contribution < 1.29 is 14.7 Å². The van der Waals surface area contributed by atoms with Gasteiger partial charge in [-0.3, -0.25) is 9.59 Å². The Morgan fingerprint density at radius 3 is 2.38 bits per heavy atom. The van der Waals surface area contributed by atoms with E-state index >= 15 is 0 Å². The van der Waals surface area contributed by atoms with Crippen LogP contribution in [0.3, 0.4) is 0 Å². The lowest BCUT2D eigenvalue weighted by Gasteiger charge is -2.16. The maximum Gasteiger partial charge on any atom is 0.303 e. The minimum Gasteiger partial charge on any atom is -0.481 e. The normalized spacial score (nSPS) is 10.7. The van der Waals surface area contributed by atoms with Gasteiger partial charge in [-0.05, 0) is 32.1 Å². The van der Waals surface area contributed by atoms with Crippen molar-refractivity contribution in [3.63, 3.8) is 0 Å². The zero-order valence-electron chi connectivity index (χ0n) is 11.7. The molecule has 0 atom stereocenters. The van der Waals surface area contributed by atoms with Crippen LogP contribution in [0.2, 0.25) is 10.0 Å². The van der Waals surface area contributed by atoms with Crippen molar-refractivity contribution in [3.8, 4) is 0 Å². The topological polar surface area (TPSA) is 69.6 Å². The number of hydrogen-bond donors (Lipinski definition) is 2. The summed E-state index contributed by atoms with van der Waals surface area (Å²) in [4.78, 5) is 24.2. The largest absolute Gasteiger partial charge is 0.481 e. The summed E-state index contributed by atoms with van der Waals surface area (Å²) in [5, 5.41) is 12.0. The Bertz CT molecular complexity index is 489. The summed E-state index contributed by atoms with van der Waals surface area (Å²) in [5.74, 6) is -0.996. The molecule has 21 heavy (non-hydrogen) atoms. The van der Waals surface area contributed by atoms with Gasteiger partial charge in [0.15, 0.2) is 0 Å². The second-order valence-electron chi connectivity index (χ2n) is 4.70. The highest BCUT2D eigenvalue weighted by molar-refractivity contribution is 6.39. The van der Waals surface area contributed by atoms with E-state index in [1.54, 1.807) is 18.2 Å². The highest BCUT2D eigenvalue weighted by Crippen LogP contribution is 2.29. The van der Waals surface area contributed by atoms with Gasteiger partial charge in [-0.25, -0.2) is 0 Å². The quantitative estimate of drug-likeness (QED) is 0.767. The Hall–Kier alpha value is -1.30. The van der Waals surface area contributed by atoms with Crippen molar-refractivity contribution in [1.29, 1.82) is 0 Å². The summed E-state index contributed by atoms with van der Waals surface area (Å²) in [6.07, 6.45) is 0.973. The number of para-hydroxylation sites is 1. The first-order valence-electron chi connectivity index (χ1n) is 6.54. The SMILES string of the molecule is CN(CCCC(=O)O)CCC(=O)Nc1c(Cl)cccc1Cl. The third kappa shape index (κ3) is 6.80. The van der Waals surface area contributed by atoms with Crippen LogP contribution in [0.25, 0.3) is 0 Å². The van der Waals surface area contributed by atoms with Crippen molar-refractivity contribution in [1.82, 2.24) is 4.90 Å². The fraction of sp³-hybridized carbons (Fsp3) is 0.429. The lowest BCUT2D eigenvalue weighted by molar-refractivity contribution is -0.137. The Morgan fingerprint density at radius 2 is 1.81 bits per heavy atom. The number of anilines is 1. The lowest BCUT2D eigenvalue weighted by Crippen LogP contribution is -2.25. The monoisotopic (exact) mass is 332 g/mol. The number of nitrogens with one attached hydrogen (secondary N) is 1. The second kappa shape index (κ2) is 8.87. The standard InChI is InChI=1S/C14H18Cl2N2O3/c1-18(8-3-6-13(20)21)9-7-12(19)17-14-10(15)4-2-5-11(14)16/h2,4-5H,3,6-9H2,1H3,(H,17,19)(H,20,21). The number of amides is 1. The number of benzene rings is 1. The van der Waals surface area contributed by atoms with E-state index in [1.807, 2.05) is 11.9 Å². The summed E-state index contributed by atoms with van der Waals surface area (Å²) >= 11 is 11.9. The van der Waals surface area contributed by atoms with Crippen molar-refractivity contribution in [2.75, 3.05) is 25.5 Å². The Kier molecular flexibility index (Phi) is 7.50. The van der Waals surface area contributed by atoms with Gasteiger partial charge in [0.2, 0.25) is 5.91 Å². The molecule has 5 nitrogen and oxygen atoms in total. The van der Waals surface area contributed by atoms with E-state index in [0.717, 1.165) is 0 Å². The number of carboxylic acid groups (broad SMARTS) is 1. The van der Waals surface area contributed by atoms with E-state index in [-0.39, 0.29) is 18.7 Å². The molecule has 0 spiro atoms. The molecule has 1 amide bonds. The highest BCUT2D eigenvalue weighted by atomic mass is 35.5. The number of halogens is 2. The first-order valence-corrected chi connectivity index (χ1v) is 7.30. The van der Waals surface area contributed by atoms with Gasteiger partial charge in [0, 0.05) is 19.4 Å². The summed E-state index contributed by atoms with van der Waals surface area (Å²) in [6, 6.07) is 5.01. The average molecular weight is 333 g/mol. The van der Waals surface area contributed by atoms with Gasteiger partial charge in [-0.1, -0.05) is 29.3 Å². The molecule has 0 unspecified atom stereocenters. The van der Waals surface area contributed by atoms with Crippen molar-refractivity contribution >= 4 is 40.8 Å². The first kappa shape index (κ1) is 17.8. The van der Waals surface area contributed by atoms with Crippen LogP contribution in [-0.4, -0.2) is 42.0 Å². The fourth-order valence-corrected chi connectivity index (χ4v) is 2.22. The molecule has 0 radical (unpaired) electrons. The Morgan fingerprint density at radius 1 is 1.19 bits per heavy atom. The third-order valence-electron chi connectivity index (χ3n) is 2.88. The van der Waals surface area contributed by atoms with Crippen molar-refractivity contribution in [3.05, 3.63) is 28.2 Å². The molecule has 1 rings (SSSR count). The molecule has 0 bridgehead atoms. The summed E-state index contributed by atoms with van der Waals surface area (Å²) < 4.78 is 0. The van der Waals surface area contributed by atoms with Crippen LogP contribution in [0.1, 0.15) is 19.3 Å². The second-order valence-corrected chi connectivity index (χ2v) is 5.51. The van der Waals surface area contributed by atoms with Crippen LogP contribution in [-0.2, 0) is 9.59 Å². The molecule has 0 aromatic heterocycles. The van der Waals surface area contributed by atoms with Gasteiger partial charge in [-0.15, -0.1) is 0 Å². The number of carboxylic acids is 1. The molecule has 0 fully saturated rings. The fourth-order valence-electron chi connectivity index (χ4n) is 1.72. The molecular weight excluding hydrogens is 315 g/mol. The molecule has 7 heteroatoms. The van der Waals surface area contributed by atoms with E-state index in [9.17, 15) is 9.59 Å². The predicted molar refractivity (Wildman–Crippen MR) is 84.1 cm³/mol. The lowest BCUT2D eigenvalue weighted by atomic mass is 10.2. The van der Waals surface area contributed by atoms with E-state index in [2.05, 4.69) is 5.32 Å². The zero-order chi connectivity index (χ0) is 15.8. The molecule has 0 saturated heterocycles. The minimum atomic E-state index is -0.811. The van der Waals surface area contributed by atoms with Gasteiger partial charge in [0.1, 0.15) is 0 Å². The molecule has 1 aromatic carbocycles. The summed E-state index contributed by atoms with van der Waals surface area (Å²) in [5.41, 5.74) is 0.416. The maximum atomic E-state index is 11.9. The molecule has 0 saturated carbocycles. The molecule has 0 aliphatic carbocycles.